The van der Waals surface area contributed by atoms with Crippen LogP contribution in [-0.4, -0.2) is 18.1 Å². The number of hydrogen-bond acceptors (Lipinski definition) is 3. The first-order chi connectivity index (χ1) is 7.27. The number of nitrogens with one attached hydrogen (secondary N) is 1. The minimum Gasteiger partial charge on any atom is -0.464 e. The Bertz CT molecular complexity index is 502. The predicted molar refractivity (Wildman–Crippen MR) is 57.5 cm³/mol. The van der Waals surface area contributed by atoms with Crippen LogP contribution in [0.4, 0.5) is 0 Å². The molecule has 1 heterocycles. The summed E-state index contributed by atoms with van der Waals surface area (Å²) in [6.07, 6.45) is 0. The number of hydrogen-bond donors (Lipinski definition) is 2. The van der Waals surface area contributed by atoms with Crippen LogP contribution in [0.3, 0.4) is 0 Å². The van der Waals surface area contributed by atoms with Crippen LogP contribution >= 0.6 is 0 Å². The Labute approximate surface area is 87.0 Å². The zero-order chi connectivity index (χ0) is 10.8. The summed E-state index contributed by atoms with van der Waals surface area (Å²) in [4.78, 5) is 14.5. The van der Waals surface area contributed by atoms with Gasteiger partial charge in [0.2, 0.25) is 0 Å². The van der Waals surface area contributed by atoms with E-state index in [4.69, 9.17) is 5.73 Å². The van der Waals surface area contributed by atoms with Crippen LogP contribution in [0.1, 0.15) is 16.1 Å². The number of para-hydroxylation sites is 1. The van der Waals surface area contributed by atoms with Gasteiger partial charge in [-0.25, -0.2) is 4.79 Å². The number of benzene rings is 1. The highest BCUT2D eigenvalue weighted by Crippen LogP contribution is 2.22. The summed E-state index contributed by atoms with van der Waals surface area (Å²) >= 11 is 0. The molecule has 0 amide bonds. The molecule has 0 aliphatic carbocycles. The highest BCUT2D eigenvalue weighted by atomic mass is 16.5. The number of rotatable bonds is 2. The summed E-state index contributed by atoms with van der Waals surface area (Å²) in [5.74, 6) is -0.383. The Morgan fingerprint density at radius 2 is 2.20 bits per heavy atom. The van der Waals surface area contributed by atoms with E-state index >= 15 is 0 Å². The molecule has 0 radical (unpaired) electrons. The smallest absolute Gasteiger partial charge is 0.354 e. The first-order valence-corrected chi connectivity index (χ1v) is 4.66. The van der Waals surface area contributed by atoms with Crippen molar-refractivity contribution in [3.63, 3.8) is 0 Å². The number of carbonyl (C=O) groups excluding carboxylic acids is 1. The van der Waals surface area contributed by atoms with Crippen LogP contribution in [0.2, 0.25) is 0 Å². The predicted octanol–water partition coefficient (Wildman–Crippen LogP) is 1.41. The number of fused-ring (bicyclic) bond motifs is 1. The van der Waals surface area contributed by atoms with Gasteiger partial charge in [0.1, 0.15) is 5.69 Å². The number of nitrogens with two attached hydrogens (primary N) is 1. The van der Waals surface area contributed by atoms with E-state index in [1.807, 2.05) is 24.3 Å². The van der Waals surface area contributed by atoms with Crippen molar-refractivity contribution in [3.8, 4) is 0 Å². The van der Waals surface area contributed by atoms with Gasteiger partial charge in [-0.3, -0.25) is 0 Å². The lowest BCUT2D eigenvalue weighted by Gasteiger charge is -1.98. The normalized spacial score (nSPS) is 10.5. The number of H-pyrrole nitrogens is 1. The summed E-state index contributed by atoms with van der Waals surface area (Å²) in [5, 5.41) is 0.973. The molecular weight excluding hydrogens is 192 g/mol. The van der Waals surface area contributed by atoms with Gasteiger partial charge in [0.25, 0.3) is 0 Å². The Hall–Kier alpha value is -1.81. The van der Waals surface area contributed by atoms with Gasteiger partial charge in [0, 0.05) is 23.0 Å². The molecular formula is C11H12N2O2. The fraction of sp³-hybridized carbons (Fsp3) is 0.182. The lowest BCUT2D eigenvalue weighted by Crippen LogP contribution is -2.07. The van der Waals surface area contributed by atoms with Crippen molar-refractivity contribution in [2.45, 2.75) is 6.54 Å². The largest absolute Gasteiger partial charge is 0.464 e. The van der Waals surface area contributed by atoms with Crippen molar-refractivity contribution >= 4 is 16.9 Å². The van der Waals surface area contributed by atoms with Crippen LogP contribution in [0.5, 0.6) is 0 Å². The third-order valence-electron chi connectivity index (χ3n) is 2.41. The van der Waals surface area contributed by atoms with Crippen LogP contribution in [0.15, 0.2) is 24.3 Å². The molecule has 4 nitrogen and oxygen atoms in total. The quantitative estimate of drug-likeness (QED) is 0.727. The topological polar surface area (TPSA) is 68.1 Å². The van der Waals surface area contributed by atoms with E-state index in [0.717, 1.165) is 16.5 Å². The minimum atomic E-state index is -0.383. The Balaban J connectivity index is 2.69. The van der Waals surface area contributed by atoms with Gasteiger partial charge in [0.05, 0.1) is 7.11 Å². The maximum atomic E-state index is 11.5. The molecule has 0 aliphatic rings. The molecule has 0 aliphatic heterocycles. The number of carbonyl (C=O) groups is 1. The van der Waals surface area contributed by atoms with E-state index in [0.29, 0.717) is 12.2 Å². The third kappa shape index (κ3) is 1.49. The van der Waals surface area contributed by atoms with Crippen molar-refractivity contribution in [1.82, 2.24) is 4.98 Å². The van der Waals surface area contributed by atoms with Crippen LogP contribution < -0.4 is 5.73 Å². The van der Waals surface area contributed by atoms with Crippen molar-refractivity contribution < 1.29 is 9.53 Å². The molecule has 0 unspecified atom stereocenters. The molecule has 0 fully saturated rings. The second-order valence-electron chi connectivity index (χ2n) is 3.22. The van der Waals surface area contributed by atoms with Gasteiger partial charge < -0.3 is 15.5 Å². The summed E-state index contributed by atoms with van der Waals surface area (Å²) in [6, 6.07) is 7.65. The van der Waals surface area contributed by atoms with Gasteiger partial charge in [-0.05, 0) is 6.07 Å². The average molecular weight is 204 g/mol. The van der Waals surface area contributed by atoms with E-state index in [2.05, 4.69) is 9.72 Å². The van der Waals surface area contributed by atoms with E-state index in [9.17, 15) is 4.79 Å². The molecule has 1 aromatic carbocycles. The molecule has 0 atom stereocenters. The zero-order valence-electron chi connectivity index (χ0n) is 8.41. The average Bonchev–Trinajstić information content (AvgIpc) is 2.66. The SMILES string of the molecule is COC(=O)c1[nH]c2ccccc2c1CN. The van der Waals surface area contributed by atoms with E-state index in [1.54, 1.807) is 0 Å². The summed E-state index contributed by atoms with van der Waals surface area (Å²) < 4.78 is 4.68. The first-order valence-electron chi connectivity index (χ1n) is 4.66. The second-order valence-corrected chi connectivity index (χ2v) is 3.22. The number of esters is 1. The Morgan fingerprint density at radius 1 is 1.47 bits per heavy atom. The first kappa shape index (κ1) is 9.73. The molecule has 3 N–H and O–H groups in total. The summed E-state index contributed by atoms with van der Waals surface area (Å²) in [6.45, 7) is 0.314. The van der Waals surface area contributed by atoms with E-state index in [1.165, 1.54) is 7.11 Å². The van der Waals surface area contributed by atoms with Crippen molar-refractivity contribution in [2.24, 2.45) is 5.73 Å². The third-order valence-corrected chi connectivity index (χ3v) is 2.41. The lowest BCUT2D eigenvalue weighted by molar-refractivity contribution is 0.0594. The van der Waals surface area contributed by atoms with Crippen molar-refractivity contribution in [1.29, 1.82) is 0 Å². The molecule has 0 saturated carbocycles. The van der Waals surface area contributed by atoms with Gasteiger partial charge in [-0.15, -0.1) is 0 Å². The highest BCUT2D eigenvalue weighted by Gasteiger charge is 2.16. The molecule has 15 heavy (non-hydrogen) atoms. The molecule has 0 saturated heterocycles. The van der Waals surface area contributed by atoms with Gasteiger partial charge in [0.15, 0.2) is 0 Å². The summed E-state index contributed by atoms with van der Waals surface area (Å²) in [5.41, 5.74) is 7.78. The van der Waals surface area contributed by atoms with E-state index in [-0.39, 0.29) is 5.97 Å². The lowest BCUT2D eigenvalue weighted by atomic mass is 10.1. The molecule has 4 heteroatoms. The second kappa shape index (κ2) is 3.74. The molecule has 1 aromatic heterocycles. The number of methoxy groups -OCH3 is 1. The zero-order valence-corrected chi connectivity index (χ0v) is 8.41. The van der Waals surface area contributed by atoms with E-state index < -0.39 is 0 Å². The number of aromatic nitrogens is 1. The maximum absolute atomic E-state index is 11.5. The fourth-order valence-corrected chi connectivity index (χ4v) is 1.69. The van der Waals surface area contributed by atoms with Crippen molar-refractivity contribution in [2.75, 3.05) is 7.11 Å². The Morgan fingerprint density at radius 3 is 2.87 bits per heavy atom. The Kier molecular flexibility index (Phi) is 2.43. The molecule has 0 bridgehead atoms. The molecule has 2 rings (SSSR count). The number of ether oxygens (including phenoxy) is 1. The van der Waals surface area contributed by atoms with Gasteiger partial charge >= 0.3 is 5.97 Å². The van der Waals surface area contributed by atoms with Crippen LogP contribution in [0, 0.1) is 0 Å². The van der Waals surface area contributed by atoms with Crippen molar-refractivity contribution in [3.05, 3.63) is 35.5 Å². The van der Waals surface area contributed by atoms with Crippen LogP contribution in [0.25, 0.3) is 10.9 Å². The minimum absolute atomic E-state index is 0.314. The number of aromatic amines is 1. The van der Waals surface area contributed by atoms with Crippen LogP contribution in [-0.2, 0) is 11.3 Å². The maximum Gasteiger partial charge on any atom is 0.354 e. The highest BCUT2D eigenvalue weighted by molar-refractivity contribution is 5.98. The summed E-state index contributed by atoms with van der Waals surface area (Å²) in [7, 11) is 1.36. The molecule has 0 spiro atoms. The standard InChI is InChI=1S/C11H12N2O2/c1-15-11(14)10-8(6-12)7-4-2-3-5-9(7)13-10/h2-5,13H,6,12H2,1H3. The monoisotopic (exact) mass is 204 g/mol. The fourth-order valence-electron chi connectivity index (χ4n) is 1.69. The van der Waals surface area contributed by atoms with Gasteiger partial charge in [-0.1, -0.05) is 18.2 Å². The molecule has 2 aromatic rings. The molecule has 78 valence electrons. The van der Waals surface area contributed by atoms with Gasteiger partial charge in [-0.2, -0.15) is 0 Å².